The molecule has 1 amide bonds. The number of hydrogen-bond donors (Lipinski definition) is 0. The molecule has 2 aromatic heterocycles. The lowest BCUT2D eigenvalue weighted by atomic mass is 10.3. The van der Waals surface area contributed by atoms with Crippen molar-refractivity contribution >= 4 is 11.6 Å². The van der Waals surface area contributed by atoms with Crippen LogP contribution < -0.4 is 0 Å². The first-order valence-corrected chi connectivity index (χ1v) is 4.75. The highest BCUT2D eigenvalue weighted by atomic mass is 16.2. The number of rotatable bonds is 1. The summed E-state index contributed by atoms with van der Waals surface area (Å²) in [6.07, 6.45) is 3.71. The molecule has 15 heavy (non-hydrogen) atoms. The fourth-order valence-electron chi connectivity index (χ4n) is 1.44. The second-order valence-corrected chi connectivity index (χ2v) is 3.80. The summed E-state index contributed by atoms with van der Waals surface area (Å²) in [7, 11) is 3.44. The second-order valence-electron chi connectivity index (χ2n) is 3.80. The Labute approximate surface area is 88.2 Å². The number of imidazole rings is 1. The smallest absolute Gasteiger partial charge is 0.273 e. The highest BCUT2D eigenvalue weighted by Crippen LogP contribution is 2.08. The van der Waals surface area contributed by atoms with Crippen LogP contribution in [0.1, 0.15) is 16.1 Å². The van der Waals surface area contributed by atoms with Crippen molar-refractivity contribution in [3.8, 4) is 0 Å². The molecule has 0 spiro atoms. The Hall–Kier alpha value is -1.84. The van der Waals surface area contributed by atoms with Gasteiger partial charge in [0.2, 0.25) is 0 Å². The molecule has 0 atom stereocenters. The quantitative estimate of drug-likeness (QED) is 0.701. The third kappa shape index (κ3) is 1.70. The predicted octanol–water partition coefficient (Wildman–Crippen LogP) is 1.34. The van der Waals surface area contributed by atoms with Gasteiger partial charge in [-0.15, -0.1) is 0 Å². The summed E-state index contributed by atoms with van der Waals surface area (Å²) in [5, 5.41) is 0. The molecule has 0 unspecified atom stereocenters. The molecule has 4 nitrogen and oxygen atoms in total. The van der Waals surface area contributed by atoms with Crippen LogP contribution in [0, 0.1) is 6.92 Å². The molecule has 2 rings (SSSR count). The van der Waals surface area contributed by atoms with Crippen molar-refractivity contribution in [1.82, 2.24) is 14.3 Å². The summed E-state index contributed by atoms with van der Waals surface area (Å²) in [6.45, 7) is 2.01. The average molecular weight is 203 g/mol. The summed E-state index contributed by atoms with van der Waals surface area (Å²) in [5.74, 6) is -0.0728. The zero-order chi connectivity index (χ0) is 11.0. The van der Waals surface area contributed by atoms with Gasteiger partial charge in [-0.25, -0.2) is 4.98 Å². The van der Waals surface area contributed by atoms with E-state index >= 15 is 0 Å². The molecule has 2 heterocycles. The van der Waals surface area contributed by atoms with Gasteiger partial charge >= 0.3 is 0 Å². The summed E-state index contributed by atoms with van der Waals surface area (Å²) < 4.78 is 1.87. The van der Waals surface area contributed by atoms with E-state index in [1.165, 1.54) is 4.90 Å². The number of carbonyl (C=O) groups excluding carboxylic acids is 1. The van der Waals surface area contributed by atoms with Gasteiger partial charge in [-0.05, 0) is 18.6 Å². The van der Waals surface area contributed by atoms with E-state index in [1.54, 1.807) is 20.3 Å². The zero-order valence-electron chi connectivity index (χ0n) is 9.06. The van der Waals surface area contributed by atoms with Gasteiger partial charge in [-0.3, -0.25) is 4.79 Å². The second kappa shape index (κ2) is 3.38. The maximum absolute atomic E-state index is 11.6. The minimum Gasteiger partial charge on any atom is -0.343 e. The number of fused-ring (bicyclic) bond motifs is 1. The highest BCUT2D eigenvalue weighted by Gasteiger charge is 2.11. The predicted molar refractivity (Wildman–Crippen MR) is 57.9 cm³/mol. The van der Waals surface area contributed by atoms with E-state index in [1.807, 2.05) is 29.7 Å². The Bertz CT molecular complexity index is 514. The maximum Gasteiger partial charge on any atom is 0.273 e. The topological polar surface area (TPSA) is 37.6 Å². The molecule has 0 N–H and O–H groups in total. The summed E-state index contributed by atoms with van der Waals surface area (Å²) in [5.41, 5.74) is 2.42. The van der Waals surface area contributed by atoms with E-state index in [9.17, 15) is 4.79 Å². The molecular formula is C11H13N3O. The number of aromatic nitrogens is 2. The van der Waals surface area contributed by atoms with Crippen molar-refractivity contribution in [2.45, 2.75) is 6.92 Å². The molecule has 0 bridgehead atoms. The van der Waals surface area contributed by atoms with Gasteiger partial charge < -0.3 is 9.30 Å². The molecule has 0 aliphatic heterocycles. The first kappa shape index (κ1) is 9.71. The van der Waals surface area contributed by atoms with Crippen LogP contribution in [-0.4, -0.2) is 34.3 Å². The Morgan fingerprint density at radius 3 is 2.73 bits per heavy atom. The number of hydrogen-bond acceptors (Lipinski definition) is 2. The summed E-state index contributed by atoms with van der Waals surface area (Å²) in [6, 6.07) is 3.88. The monoisotopic (exact) mass is 203 g/mol. The number of carbonyl (C=O) groups is 1. The van der Waals surface area contributed by atoms with Gasteiger partial charge in [-0.2, -0.15) is 0 Å². The van der Waals surface area contributed by atoms with Gasteiger partial charge in [0.1, 0.15) is 11.3 Å². The number of aryl methyl sites for hydroxylation is 1. The molecule has 4 heteroatoms. The first-order chi connectivity index (χ1) is 7.08. The van der Waals surface area contributed by atoms with Gasteiger partial charge in [0.25, 0.3) is 5.91 Å². The lowest BCUT2D eigenvalue weighted by molar-refractivity contribution is 0.0822. The van der Waals surface area contributed by atoms with Gasteiger partial charge in [0.15, 0.2) is 0 Å². The van der Waals surface area contributed by atoms with Gasteiger partial charge in [0.05, 0.1) is 0 Å². The van der Waals surface area contributed by atoms with E-state index in [-0.39, 0.29) is 5.91 Å². The van der Waals surface area contributed by atoms with E-state index in [0.29, 0.717) is 5.69 Å². The fourth-order valence-corrected chi connectivity index (χ4v) is 1.44. The minimum absolute atomic E-state index is 0.0728. The van der Waals surface area contributed by atoms with E-state index in [0.717, 1.165) is 11.2 Å². The van der Waals surface area contributed by atoms with Crippen molar-refractivity contribution in [2.75, 3.05) is 14.1 Å². The Morgan fingerprint density at radius 1 is 1.33 bits per heavy atom. The van der Waals surface area contributed by atoms with Crippen LogP contribution in [0.5, 0.6) is 0 Å². The molecule has 0 aromatic carbocycles. The fraction of sp³-hybridized carbons (Fsp3) is 0.273. The van der Waals surface area contributed by atoms with Crippen LogP contribution in [0.3, 0.4) is 0 Å². The molecule has 0 aliphatic rings. The van der Waals surface area contributed by atoms with Crippen molar-refractivity contribution in [1.29, 1.82) is 0 Å². The standard InChI is InChI=1S/C11H13N3O/c1-8-4-5-10-12-9(7-14(10)6-8)11(15)13(2)3/h4-7H,1-3H3. The van der Waals surface area contributed by atoms with E-state index in [4.69, 9.17) is 0 Å². The normalized spacial score (nSPS) is 10.6. The summed E-state index contributed by atoms with van der Waals surface area (Å²) in [4.78, 5) is 17.4. The third-order valence-electron chi connectivity index (χ3n) is 2.22. The molecule has 0 fully saturated rings. The molecule has 78 valence electrons. The number of amides is 1. The first-order valence-electron chi connectivity index (χ1n) is 4.75. The average Bonchev–Trinajstić information content (AvgIpc) is 2.58. The van der Waals surface area contributed by atoms with E-state index in [2.05, 4.69) is 4.98 Å². The highest BCUT2D eigenvalue weighted by molar-refractivity contribution is 5.92. The number of nitrogens with zero attached hydrogens (tertiary/aromatic N) is 3. The van der Waals surface area contributed by atoms with Gasteiger partial charge in [0, 0.05) is 26.5 Å². The zero-order valence-corrected chi connectivity index (χ0v) is 9.06. The number of pyridine rings is 1. The SMILES string of the molecule is Cc1ccc2nc(C(=O)N(C)C)cn2c1. The Balaban J connectivity index is 2.52. The van der Waals surface area contributed by atoms with Crippen LogP contribution in [0.15, 0.2) is 24.5 Å². The Morgan fingerprint density at radius 2 is 2.07 bits per heavy atom. The summed E-state index contributed by atoms with van der Waals surface area (Å²) >= 11 is 0. The largest absolute Gasteiger partial charge is 0.343 e. The third-order valence-corrected chi connectivity index (χ3v) is 2.22. The molecule has 2 aromatic rings. The van der Waals surface area contributed by atoms with Crippen molar-refractivity contribution in [3.05, 3.63) is 35.8 Å². The Kier molecular flexibility index (Phi) is 2.19. The molecule has 0 aliphatic carbocycles. The van der Waals surface area contributed by atoms with E-state index < -0.39 is 0 Å². The van der Waals surface area contributed by atoms with Crippen molar-refractivity contribution in [2.24, 2.45) is 0 Å². The van der Waals surface area contributed by atoms with Crippen molar-refractivity contribution < 1.29 is 4.79 Å². The maximum atomic E-state index is 11.6. The molecule has 0 saturated carbocycles. The van der Waals surface area contributed by atoms with Crippen LogP contribution in [0.4, 0.5) is 0 Å². The van der Waals surface area contributed by atoms with Crippen LogP contribution in [0.25, 0.3) is 5.65 Å². The molecule has 0 radical (unpaired) electrons. The van der Waals surface area contributed by atoms with Crippen LogP contribution >= 0.6 is 0 Å². The van der Waals surface area contributed by atoms with Crippen LogP contribution in [-0.2, 0) is 0 Å². The van der Waals surface area contributed by atoms with Crippen LogP contribution in [0.2, 0.25) is 0 Å². The molecular weight excluding hydrogens is 190 g/mol. The van der Waals surface area contributed by atoms with Crippen molar-refractivity contribution in [3.63, 3.8) is 0 Å². The minimum atomic E-state index is -0.0728. The van der Waals surface area contributed by atoms with Gasteiger partial charge in [-0.1, -0.05) is 6.07 Å². The lowest BCUT2D eigenvalue weighted by Crippen LogP contribution is -2.21. The molecule has 0 saturated heterocycles. The lowest BCUT2D eigenvalue weighted by Gasteiger charge is -2.06.